The van der Waals surface area contributed by atoms with Crippen LogP contribution in [0.4, 0.5) is 0 Å². The van der Waals surface area contributed by atoms with Crippen LogP contribution in [0.15, 0.2) is 29.4 Å². The summed E-state index contributed by atoms with van der Waals surface area (Å²) < 4.78 is 31.2. The summed E-state index contributed by atoms with van der Waals surface area (Å²) in [5.41, 5.74) is 0. The molecule has 0 unspecified atom stereocenters. The van der Waals surface area contributed by atoms with Crippen molar-refractivity contribution in [3.8, 4) is 0 Å². The van der Waals surface area contributed by atoms with Gasteiger partial charge in [0.05, 0.1) is 4.90 Å². The fraction of sp³-hybridized carbons (Fsp3) is 0. The molecule has 0 amide bonds. The average molecular weight is 174 g/mol. The Balaban J connectivity index is 3.20. The molecule has 1 heterocycles. The first kappa shape index (κ1) is 7.96. The summed E-state index contributed by atoms with van der Waals surface area (Å²) in [6, 6.07) is 1.91. The van der Waals surface area contributed by atoms with Crippen LogP contribution in [0.3, 0.4) is 0 Å². The molecule has 1 aromatic heterocycles. The zero-order valence-electron chi connectivity index (χ0n) is 5.30. The maximum absolute atomic E-state index is 10.4. The lowest BCUT2D eigenvalue weighted by Gasteiger charge is -2.04. The Morgan fingerprint density at radius 3 is 2.09 bits per heavy atom. The Bertz CT molecular complexity index is 341. The first-order chi connectivity index (χ1) is 5.00. The minimum Gasteiger partial charge on any atom is -0.744 e. The zero-order valence-corrected chi connectivity index (χ0v) is 6.11. The first-order valence-electron chi connectivity index (χ1n) is 2.65. The minimum absolute atomic E-state index is 0.397. The van der Waals surface area contributed by atoms with Crippen LogP contribution in [0.5, 0.6) is 0 Å². The second-order valence-corrected chi connectivity index (χ2v) is 3.23. The van der Waals surface area contributed by atoms with Gasteiger partial charge in [0.2, 0.25) is 0 Å². The summed E-state index contributed by atoms with van der Waals surface area (Å²) in [7, 11) is -4.42. The lowest BCUT2D eigenvalue weighted by Crippen LogP contribution is -2.24. The Labute approximate surface area is 63.2 Å². The maximum Gasteiger partial charge on any atom is 0.181 e. The van der Waals surface area contributed by atoms with Crippen LogP contribution >= 0.6 is 0 Å². The van der Waals surface area contributed by atoms with E-state index in [9.17, 15) is 18.2 Å². The molecule has 60 valence electrons. The van der Waals surface area contributed by atoms with Gasteiger partial charge in [0.15, 0.2) is 12.4 Å². The van der Waals surface area contributed by atoms with E-state index in [0.29, 0.717) is 4.73 Å². The van der Waals surface area contributed by atoms with Gasteiger partial charge < -0.3 is 9.76 Å². The van der Waals surface area contributed by atoms with Crippen molar-refractivity contribution in [1.29, 1.82) is 0 Å². The van der Waals surface area contributed by atoms with E-state index in [1.165, 1.54) is 0 Å². The molecule has 1 aromatic rings. The topological polar surface area (TPSA) is 84.1 Å². The molecule has 11 heavy (non-hydrogen) atoms. The fourth-order valence-electron chi connectivity index (χ4n) is 0.566. The van der Waals surface area contributed by atoms with Gasteiger partial charge in [0.1, 0.15) is 10.1 Å². The van der Waals surface area contributed by atoms with Crippen LogP contribution in [0, 0.1) is 5.21 Å². The van der Waals surface area contributed by atoms with E-state index in [0.717, 1.165) is 24.5 Å². The lowest BCUT2D eigenvalue weighted by molar-refractivity contribution is -0.605. The van der Waals surface area contributed by atoms with Crippen LogP contribution < -0.4 is 4.73 Å². The highest BCUT2D eigenvalue weighted by Crippen LogP contribution is 2.02. The fourth-order valence-corrected chi connectivity index (χ4v) is 1.02. The molecule has 0 spiro atoms. The maximum atomic E-state index is 10.4. The van der Waals surface area contributed by atoms with E-state index in [-0.39, 0.29) is 0 Å². The predicted octanol–water partition coefficient (Wildman–Crippen LogP) is -0.776. The van der Waals surface area contributed by atoms with E-state index in [1.54, 1.807) is 0 Å². The molecule has 0 atom stereocenters. The van der Waals surface area contributed by atoms with Crippen molar-refractivity contribution in [2.24, 2.45) is 0 Å². The molecule has 5 nitrogen and oxygen atoms in total. The van der Waals surface area contributed by atoms with Crippen molar-refractivity contribution in [2.75, 3.05) is 0 Å². The molecule has 0 N–H and O–H groups in total. The Morgan fingerprint density at radius 2 is 1.73 bits per heavy atom. The quantitative estimate of drug-likeness (QED) is 0.317. The molecule has 0 saturated carbocycles. The van der Waals surface area contributed by atoms with E-state index < -0.39 is 15.0 Å². The van der Waals surface area contributed by atoms with Gasteiger partial charge in [-0.05, 0) is 0 Å². The third-order valence-electron chi connectivity index (χ3n) is 1.06. The van der Waals surface area contributed by atoms with Crippen LogP contribution in [0.2, 0.25) is 0 Å². The van der Waals surface area contributed by atoms with Crippen molar-refractivity contribution in [2.45, 2.75) is 4.90 Å². The van der Waals surface area contributed by atoms with Gasteiger partial charge in [-0.25, -0.2) is 8.42 Å². The summed E-state index contributed by atoms with van der Waals surface area (Å²) in [5, 5.41) is 10.4. The normalized spacial score (nSPS) is 11.4. The molecular weight excluding hydrogens is 170 g/mol. The number of pyridine rings is 1. The monoisotopic (exact) mass is 174 g/mol. The molecule has 0 saturated heterocycles. The molecule has 0 aliphatic heterocycles. The van der Waals surface area contributed by atoms with Crippen LogP contribution in [-0.2, 0) is 10.1 Å². The number of rotatable bonds is 1. The van der Waals surface area contributed by atoms with Crippen molar-refractivity contribution < 1.29 is 17.7 Å². The van der Waals surface area contributed by atoms with Gasteiger partial charge in [-0.2, -0.15) is 4.73 Å². The Hall–Kier alpha value is -1.14. The number of nitrogens with zero attached hydrogens (tertiary/aromatic N) is 1. The lowest BCUT2D eigenvalue weighted by atomic mass is 10.5. The number of hydrogen-bond donors (Lipinski definition) is 0. The van der Waals surface area contributed by atoms with Gasteiger partial charge in [-0.3, -0.25) is 0 Å². The smallest absolute Gasteiger partial charge is 0.181 e. The van der Waals surface area contributed by atoms with Crippen LogP contribution in [0.25, 0.3) is 0 Å². The Kier molecular flexibility index (Phi) is 1.79. The van der Waals surface area contributed by atoms with Crippen LogP contribution in [0.1, 0.15) is 0 Å². The largest absolute Gasteiger partial charge is 0.744 e. The van der Waals surface area contributed by atoms with E-state index >= 15 is 0 Å². The van der Waals surface area contributed by atoms with Crippen LogP contribution in [-0.4, -0.2) is 13.0 Å². The third kappa shape index (κ3) is 1.89. The molecular formula is C5H4NO4S-. The molecule has 1 rings (SSSR count). The van der Waals surface area contributed by atoms with Crippen molar-refractivity contribution in [3.63, 3.8) is 0 Å². The second kappa shape index (κ2) is 2.48. The molecule has 0 aliphatic carbocycles. The molecule has 0 bridgehead atoms. The molecule has 0 aromatic carbocycles. The van der Waals surface area contributed by atoms with Crippen molar-refractivity contribution in [3.05, 3.63) is 29.7 Å². The molecule has 0 fully saturated rings. The average Bonchev–Trinajstić information content (AvgIpc) is 1.86. The van der Waals surface area contributed by atoms with Gasteiger partial charge in [0.25, 0.3) is 0 Å². The summed E-state index contributed by atoms with van der Waals surface area (Å²) in [6.07, 6.45) is 1.90. The minimum atomic E-state index is -4.42. The highest BCUT2D eigenvalue weighted by Gasteiger charge is 2.00. The molecule has 6 heteroatoms. The van der Waals surface area contributed by atoms with Gasteiger partial charge in [-0.1, -0.05) is 0 Å². The Morgan fingerprint density at radius 1 is 1.27 bits per heavy atom. The van der Waals surface area contributed by atoms with Gasteiger partial charge >= 0.3 is 0 Å². The van der Waals surface area contributed by atoms with Gasteiger partial charge in [-0.15, -0.1) is 0 Å². The summed E-state index contributed by atoms with van der Waals surface area (Å²) in [4.78, 5) is -0.399. The molecule has 0 radical (unpaired) electrons. The standard InChI is InChI=1S/C5H5NO4S/c7-6-3-1-5(2-4-6)11(8,9)10/h1-4H,(H,8,9,10)/p-1. The summed E-state index contributed by atoms with van der Waals surface area (Å²) in [6.45, 7) is 0. The highest BCUT2D eigenvalue weighted by molar-refractivity contribution is 7.85. The first-order valence-corrected chi connectivity index (χ1v) is 4.06. The summed E-state index contributed by atoms with van der Waals surface area (Å²) >= 11 is 0. The van der Waals surface area contributed by atoms with Gasteiger partial charge in [0, 0.05) is 12.1 Å². The zero-order chi connectivity index (χ0) is 8.48. The second-order valence-electron chi connectivity index (χ2n) is 1.85. The number of hydrogen-bond acceptors (Lipinski definition) is 4. The predicted molar refractivity (Wildman–Crippen MR) is 33.4 cm³/mol. The SMILES string of the molecule is O=S(=O)([O-])c1cc[n+]([O-])cc1. The van der Waals surface area contributed by atoms with E-state index in [2.05, 4.69) is 0 Å². The van der Waals surface area contributed by atoms with E-state index in [1.807, 2.05) is 0 Å². The molecule has 0 aliphatic rings. The third-order valence-corrected chi connectivity index (χ3v) is 1.91. The highest BCUT2D eigenvalue weighted by atomic mass is 32.2. The van der Waals surface area contributed by atoms with E-state index in [4.69, 9.17) is 0 Å². The van der Waals surface area contributed by atoms with Crippen molar-refractivity contribution in [1.82, 2.24) is 0 Å². The summed E-state index contributed by atoms with van der Waals surface area (Å²) in [5.74, 6) is 0. The van der Waals surface area contributed by atoms with Crippen molar-refractivity contribution >= 4 is 10.1 Å². The number of aromatic nitrogens is 1.